The standard InChI is InChI=1S/C16H14N2O2S/c1-9-2-6-11(7-3-9)18-15-12(8-13(21-15)16(19)20)14(17-18)10-4-5-10/h2-3,6-8,10H,4-5H2,1H3,(H,19,20). The third-order valence-corrected chi connectivity index (χ3v) is 4.94. The summed E-state index contributed by atoms with van der Waals surface area (Å²) in [6, 6.07) is 9.92. The van der Waals surface area contributed by atoms with Gasteiger partial charge in [-0.3, -0.25) is 0 Å². The van der Waals surface area contributed by atoms with Crippen molar-refractivity contribution in [3.63, 3.8) is 0 Å². The predicted molar refractivity (Wildman–Crippen MR) is 82.6 cm³/mol. The van der Waals surface area contributed by atoms with Crippen molar-refractivity contribution in [2.24, 2.45) is 0 Å². The van der Waals surface area contributed by atoms with Crippen LogP contribution in [-0.2, 0) is 0 Å². The lowest BCUT2D eigenvalue weighted by atomic mass is 10.2. The van der Waals surface area contributed by atoms with E-state index in [1.54, 1.807) is 6.07 Å². The highest BCUT2D eigenvalue weighted by Crippen LogP contribution is 2.44. The summed E-state index contributed by atoms with van der Waals surface area (Å²) in [5, 5.41) is 15.0. The minimum Gasteiger partial charge on any atom is -0.477 e. The summed E-state index contributed by atoms with van der Waals surface area (Å²) in [6.07, 6.45) is 2.30. The normalized spacial score (nSPS) is 14.7. The first-order valence-corrected chi connectivity index (χ1v) is 7.78. The maximum atomic E-state index is 11.2. The quantitative estimate of drug-likeness (QED) is 0.796. The van der Waals surface area contributed by atoms with Crippen LogP contribution in [0.2, 0.25) is 0 Å². The van der Waals surface area contributed by atoms with Crippen molar-refractivity contribution in [1.29, 1.82) is 0 Å². The first-order valence-electron chi connectivity index (χ1n) is 6.96. The molecule has 4 rings (SSSR count). The van der Waals surface area contributed by atoms with Crippen LogP contribution in [0.3, 0.4) is 0 Å². The van der Waals surface area contributed by atoms with Gasteiger partial charge in [-0.05, 0) is 38.0 Å². The van der Waals surface area contributed by atoms with Gasteiger partial charge in [0.25, 0.3) is 0 Å². The van der Waals surface area contributed by atoms with E-state index < -0.39 is 5.97 Å². The lowest BCUT2D eigenvalue weighted by Gasteiger charge is -2.02. The maximum absolute atomic E-state index is 11.2. The van der Waals surface area contributed by atoms with E-state index in [1.165, 1.54) is 16.9 Å². The SMILES string of the molecule is Cc1ccc(-n2nc(C3CC3)c3cc(C(=O)O)sc32)cc1. The molecular formula is C16H14N2O2S. The molecule has 0 spiro atoms. The lowest BCUT2D eigenvalue weighted by Crippen LogP contribution is -1.97. The lowest BCUT2D eigenvalue weighted by molar-refractivity contribution is 0.0702. The number of hydrogen-bond acceptors (Lipinski definition) is 3. The number of carbonyl (C=O) groups is 1. The Balaban J connectivity index is 1.95. The first-order chi connectivity index (χ1) is 10.1. The highest BCUT2D eigenvalue weighted by molar-refractivity contribution is 7.20. The molecule has 3 aromatic rings. The minimum atomic E-state index is -0.867. The van der Waals surface area contributed by atoms with Gasteiger partial charge in [-0.15, -0.1) is 11.3 Å². The molecule has 0 amide bonds. The largest absolute Gasteiger partial charge is 0.477 e. The molecule has 0 radical (unpaired) electrons. The van der Waals surface area contributed by atoms with Crippen LogP contribution in [-0.4, -0.2) is 20.9 Å². The second kappa shape index (κ2) is 4.43. The third kappa shape index (κ3) is 2.05. The molecule has 2 heterocycles. The monoisotopic (exact) mass is 298 g/mol. The van der Waals surface area contributed by atoms with Crippen LogP contribution >= 0.6 is 11.3 Å². The Bertz CT molecular complexity index is 841. The molecule has 0 saturated heterocycles. The number of rotatable bonds is 3. The van der Waals surface area contributed by atoms with Gasteiger partial charge in [0.15, 0.2) is 0 Å². The van der Waals surface area contributed by atoms with Crippen LogP contribution in [0, 0.1) is 6.92 Å². The molecule has 1 N–H and O–H groups in total. The average molecular weight is 298 g/mol. The summed E-state index contributed by atoms with van der Waals surface area (Å²) in [6.45, 7) is 2.05. The summed E-state index contributed by atoms with van der Waals surface area (Å²) in [7, 11) is 0. The summed E-state index contributed by atoms with van der Waals surface area (Å²) < 4.78 is 1.89. The molecule has 4 nitrogen and oxygen atoms in total. The van der Waals surface area contributed by atoms with Gasteiger partial charge in [-0.1, -0.05) is 17.7 Å². The topological polar surface area (TPSA) is 55.1 Å². The Morgan fingerprint density at radius 3 is 2.67 bits per heavy atom. The van der Waals surface area contributed by atoms with E-state index in [9.17, 15) is 9.90 Å². The fraction of sp³-hybridized carbons (Fsp3) is 0.250. The molecule has 0 atom stereocenters. The zero-order valence-corrected chi connectivity index (χ0v) is 12.4. The van der Waals surface area contributed by atoms with Crippen molar-refractivity contribution in [1.82, 2.24) is 9.78 Å². The van der Waals surface area contributed by atoms with Crippen molar-refractivity contribution >= 4 is 27.5 Å². The number of aromatic nitrogens is 2. The van der Waals surface area contributed by atoms with Crippen LogP contribution in [0.25, 0.3) is 15.9 Å². The maximum Gasteiger partial charge on any atom is 0.345 e. The van der Waals surface area contributed by atoms with Gasteiger partial charge in [0.2, 0.25) is 0 Å². The van der Waals surface area contributed by atoms with Gasteiger partial charge >= 0.3 is 5.97 Å². The molecule has 0 bridgehead atoms. The number of benzene rings is 1. The van der Waals surface area contributed by atoms with Crippen molar-refractivity contribution < 1.29 is 9.90 Å². The molecule has 1 aromatic carbocycles. The highest BCUT2D eigenvalue weighted by atomic mass is 32.1. The fourth-order valence-electron chi connectivity index (χ4n) is 2.55. The van der Waals surface area contributed by atoms with Crippen LogP contribution in [0.5, 0.6) is 0 Å². The van der Waals surface area contributed by atoms with Gasteiger partial charge < -0.3 is 5.11 Å². The van der Waals surface area contributed by atoms with Crippen LogP contribution < -0.4 is 0 Å². The first kappa shape index (κ1) is 12.6. The van der Waals surface area contributed by atoms with E-state index in [4.69, 9.17) is 5.10 Å². The van der Waals surface area contributed by atoms with Gasteiger partial charge in [-0.2, -0.15) is 5.10 Å². The van der Waals surface area contributed by atoms with Gasteiger partial charge in [0.05, 0.1) is 11.4 Å². The number of carboxylic acid groups (broad SMARTS) is 1. The summed E-state index contributed by atoms with van der Waals surface area (Å²) in [5.74, 6) is -0.371. The van der Waals surface area contributed by atoms with E-state index in [-0.39, 0.29) is 0 Å². The second-order valence-electron chi connectivity index (χ2n) is 5.54. The Morgan fingerprint density at radius 2 is 2.05 bits per heavy atom. The predicted octanol–water partition coefficient (Wildman–Crippen LogP) is 3.97. The highest BCUT2D eigenvalue weighted by Gasteiger charge is 2.30. The Morgan fingerprint density at radius 1 is 1.33 bits per heavy atom. The molecule has 21 heavy (non-hydrogen) atoms. The fourth-order valence-corrected chi connectivity index (χ4v) is 3.53. The molecule has 0 unspecified atom stereocenters. The summed E-state index contributed by atoms with van der Waals surface area (Å²) in [4.78, 5) is 12.5. The average Bonchev–Trinajstić information content (AvgIpc) is 3.10. The van der Waals surface area contributed by atoms with Gasteiger partial charge in [-0.25, -0.2) is 9.48 Å². The number of nitrogens with zero attached hydrogens (tertiary/aromatic N) is 2. The summed E-state index contributed by atoms with van der Waals surface area (Å²) in [5.41, 5.74) is 3.23. The Kier molecular flexibility index (Phi) is 2.65. The van der Waals surface area contributed by atoms with Crippen LogP contribution in [0.4, 0.5) is 0 Å². The Hall–Kier alpha value is -2.14. The van der Waals surface area contributed by atoms with E-state index >= 15 is 0 Å². The van der Waals surface area contributed by atoms with Gasteiger partial charge in [0, 0.05) is 11.3 Å². The smallest absolute Gasteiger partial charge is 0.345 e. The van der Waals surface area contributed by atoms with Gasteiger partial charge in [0.1, 0.15) is 9.71 Å². The van der Waals surface area contributed by atoms with E-state index in [2.05, 4.69) is 0 Å². The van der Waals surface area contributed by atoms with Crippen molar-refractivity contribution in [2.45, 2.75) is 25.7 Å². The van der Waals surface area contributed by atoms with E-state index in [0.29, 0.717) is 10.8 Å². The summed E-state index contributed by atoms with van der Waals surface area (Å²) >= 11 is 1.30. The molecule has 0 aliphatic heterocycles. The number of hydrogen-bond donors (Lipinski definition) is 1. The second-order valence-corrected chi connectivity index (χ2v) is 6.57. The Labute approximate surface area is 125 Å². The molecule has 1 aliphatic carbocycles. The number of fused-ring (bicyclic) bond motifs is 1. The number of carboxylic acids is 1. The van der Waals surface area contributed by atoms with Crippen LogP contribution in [0.1, 0.15) is 39.7 Å². The number of aromatic carboxylic acids is 1. The van der Waals surface area contributed by atoms with E-state index in [1.807, 2.05) is 35.9 Å². The van der Waals surface area contributed by atoms with Crippen molar-refractivity contribution in [3.05, 3.63) is 46.5 Å². The zero-order chi connectivity index (χ0) is 14.6. The number of aryl methyl sites for hydroxylation is 1. The van der Waals surface area contributed by atoms with Crippen molar-refractivity contribution in [2.75, 3.05) is 0 Å². The zero-order valence-electron chi connectivity index (χ0n) is 11.5. The minimum absolute atomic E-state index is 0.380. The third-order valence-electron chi connectivity index (χ3n) is 3.84. The van der Waals surface area contributed by atoms with Crippen molar-refractivity contribution in [3.8, 4) is 5.69 Å². The van der Waals surface area contributed by atoms with E-state index in [0.717, 1.165) is 34.4 Å². The molecule has 106 valence electrons. The number of thiophene rings is 1. The molecule has 1 aliphatic rings. The molecular weight excluding hydrogens is 284 g/mol. The molecule has 2 aromatic heterocycles. The molecule has 1 saturated carbocycles. The molecule has 1 fully saturated rings. The van der Waals surface area contributed by atoms with Crippen LogP contribution in [0.15, 0.2) is 30.3 Å². The molecule has 5 heteroatoms.